The quantitative estimate of drug-likeness (QED) is 0.330. The van der Waals surface area contributed by atoms with Gasteiger partial charge in [0.1, 0.15) is 0 Å². The number of aromatic nitrogens is 1. The van der Waals surface area contributed by atoms with Crippen LogP contribution < -0.4 is 3.58 Å². The van der Waals surface area contributed by atoms with Crippen LogP contribution in [0.4, 0.5) is 0 Å². The summed E-state index contributed by atoms with van der Waals surface area (Å²) in [6.07, 6.45) is 14.4. The summed E-state index contributed by atoms with van der Waals surface area (Å²) in [6.45, 7) is 6.96. The fourth-order valence-corrected chi connectivity index (χ4v) is 8.15. The SMILES string of the molecule is CCCC[C](CCCC)(CCCC)[Sn][c]1ccc(Cl)nc1. The molecule has 0 aliphatic rings. The third-order valence-corrected chi connectivity index (χ3v) is 9.71. The van der Waals surface area contributed by atoms with Crippen molar-refractivity contribution in [3.05, 3.63) is 23.5 Å². The molecule has 0 fully saturated rings. The van der Waals surface area contributed by atoms with Gasteiger partial charge in [-0.25, -0.2) is 0 Å². The number of halogens is 1. The second kappa shape index (κ2) is 10.9. The second-order valence-electron chi connectivity index (χ2n) is 6.09. The van der Waals surface area contributed by atoms with Gasteiger partial charge in [0.2, 0.25) is 0 Å². The number of unbranched alkanes of at least 4 members (excludes halogenated alkanes) is 3. The minimum atomic E-state index is -0.631. The van der Waals surface area contributed by atoms with Gasteiger partial charge in [-0.15, -0.1) is 0 Å². The average Bonchev–Trinajstić information content (AvgIpc) is 2.51. The standard InChI is InChI=1S/C13H27.C5H3ClN.Sn/c1-4-7-10-13(11-8-5-2)12-9-6-3;6-5-3-1-2-4-7-5;/h4-12H2,1-3H3;1,3-4H;. The van der Waals surface area contributed by atoms with Crippen molar-refractivity contribution in [2.75, 3.05) is 0 Å². The van der Waals surface area contributed by atoms with E-state index in [0.29, 0.717) is 8.58 Å². The third kappa shape index (κ3) is 7.36. The molecule has 0 amide bonds. The molecule has 0 unspecified atom stereocenters. The molecule has 0 saturated carbocycles. The molecule has 1 nitrogen and oxygen atoms in total. The number of hydrogen-bond donors (Lipinski definition) is 0. The van der Waals surface area contributed by atoms with Gasteiger partial charge in [0.25, 0.3) is 0 Å². The van der Waals surface area contributed by atoms with Crippen LogP contribution in [0.25, 0.3) is 0 Å². The van der Waals surface area contributed by atoms with E-state index >= 15 is 0 Å². The molecule has 0 N–H and O–H groups in total. The van der Waals surface area contributed by atoms with E-state index in [1.165, 1.54) is 61.4 Å². The summed E-state index contributed by atoms with van der Waals surface area (Å²) in [5.74, 6) is 0. The van der Waals surface area contributed by atoms with Gasteiger partial charge in [0.15, 0.2) is 0 Å². The monoisotopic (exact) mass is 415 g/mol. The van der Waals surface area contributed by atoms with Crippen molar-refractivity contribution < 1.29 is 0 Å². The van der Waals surface area contributed by atoms with Gasteiger partial charge >= 0.3 is 147 Å². The predicted molar refractivity (Wildman–Crippen MR) is 95.9 cm³/mol. The molecule has 1 rings (SSSR count). The summed E-state index contributed by atoms with van der Waals surface area (Å²) in [5.41, 5.74) is 0. The minimum absolute atomic E-state index is 0.624. The van der Waals surface area contributed by atoms with Crippen molar-refractivity contribution in [1.82, 2.24) is 4.98 Å². The molecule has 21 heavy (non-hydrogen) atoms. The topological polar surface area (TPSA) is 12.9 Å². The molecule has 118 valence electrons. The molecule has 0 atom stereocenters. The van der Waals surface area contributed by atoms with E-state index in [0.717, 1.165) is 0 Å². The first-order valence-corrected chi connectivity index (χ1v) is 11.8. The Balaban J connectivity index is 2.85. The normalized spacial score (nSPS) is 11.8. The van der Waals surface area contributed by atoms with E-state index in [2.05, 4.69) is 31.8 Å². The van der Waals surface area contributed by atoms with Crippen LogP contribution in [-0.2, 0) is 0 Å². The van der Waals surface area contributed by atoms with Crippen molar-refractivity contribution in [3.63, 3.8) is 0 Å². The van der Waals surface area contributed by atoms with Crippen LogP contribution in [0.5, 0.6) is 0 Å². The molecule has 0 spiro atoms. The average molecular weight is 415 g/mol. The number of nitrogens with zero attached hydrogens (tertiary/aromatic N) is 1. The van der Waals surface area contributed by atoms with Crippen LogP contribution in [0, 0.1) is 0 Å². The van der Waals surface area contributed by atoms with Crippen LogP contribution in [-0.4, -0.2) is 26.1 Å². The Labute approximate surface area is 146 Å². The Hall–Kier alpha value is 0.239. The number of rotatable bonds is 11. The Morgan fingerprint density at radius 1 is 0.952 bits per heavy atom. The molecule has 0 bridgehead atoms. The summed E-state index contributed by atoms with van der Waals surface area (Å²) in [5, 5.41) is 0.624. The molecule has 0 aliphatic heterocycles. The van der Waals surface area contributed by atoms with Gasteiger partial charge in [-0.3, -0.25) is 0 Å². The number of hydrogen-bond acceptors (Lipinski definition) is 1. The van der Waals surface area contributed by atoms with Crippen LogP contribution in [0.15, 0.2) is 18.3 Å². The first-order valence-electron chi connectivity index (χ1n) is 8.55. The molecule has 0 saturated heterocycles. The van der Waals surface area contributed by atoms with E-state index in [-0.39, 0.29) is 0 Å². The Morgan fingerprint density at radius 2 is 1.48 bits per heavy atom. The van der Waals surface area contributed by atoms with Gasteiger partial charge in [-0.2, -0.15) is 0 Å². The van der Waals surface area contributed by atoms with E-state index in [4.69, 9.17) is 11.6 Å². The molecule has 2 radical (unpaired) electrons. The van der Waals surface area contributed by atoms with Crippen LogP contribution in [0.1, 0.15) is 78.6 Å². The molecule has 1 aromatic heterocycles. The van der Waals surface area contributed by atoms with Gasteiger partial charge < -0.3 is 0 Å². The van der Waals surface area contributed by atoms with Crippen molar-refractivity contribution in [2.45, 2.75) is 82.0 Å². The summed E-state index contributed by atoms with van der Waals surface area (Å²) in [7, 11) is 0. The molecule has 3 heteroatoms. The van der Waals surface area contributed by atoms with Crippen molar-refractivity contribution in [2.24, 2.45) is 0 Å². The zero-order chi connectivity index (χ0) is 15.6. The van der Waals surface area contributed by atoms with Gasteiger partial charge in [-0.05, 0) is 0 Å². The number of pyridine rings is 1. The van der Waals surface area contributed by atoms with E-state index in [1.54, 1.807) is 0 Å². The van der Waals surface area contributed by atoms with Gasteiger partial charge in [0, 0.05) is 0 Å². The third-order valence-electron chi connectivity index (χ3n) is 4.16. The Morgan fingerprint density at radius 3 is 1.86 bits per heavy atom. The van der Waals surface area contributed by atoms with Crippen molar-refractivity contribution >= 4 is 36.3 Å². The fourth-order valence-electron chi connectivity index (χ4n) is 2.86. The molecular formula is C18H30ClNSn. The molecule has 0 aromatic carbocycles. The van der Waals surface area contributed by atoms with Crippen LogP contribution in [0.3, 0.4) is 0 Å². The van der Waals surface area contributed by atoms with Crippen LogP contribution in [0.2, 0.25) is 8.58 Å². The molecule has 1 heterocycles. The molecule has 1 aromatic rings. The predicted octanol–water partition coefficient (Wildman–Crippen LogP) is 5.79. The first-order chi connectivity index (χ1) is 10.2. The van der Waals surface area contributed by atoms with Gasteiger partial charge in [0.05, 0.1) is 0 Å². The van der Waals surface area contributed by atoms with E-state index < -0.39 is 21.1 Å². The zero-order valence-electron chi connectivity index (χ0n) is 13.9. The maximum atomic E-state index is 5.94. The summed E-state index contributed by atoms with van der Waals surface area (Å²) < 4.78 is 2.16. The van der Waals surface area contributed by atoms with Gasteiger partial charge in [-0.1, -0.05) is 0 Å². The van der Waals surface area contributed by atoms with Crippen molar-refractivity contribution in [1.29, 1.82) is 0 Å². The first kappa shape index (κ1) is 19.3. The second-order valence-corrected chi connectivity index (χ2v) is 11.9. The van der Waals surface area contributed by atoms with Crippen LogP contribution >= 0.6 is 11.6 Å². The van der Waals surface area contributed by atoms with Crippen molar-refractivity contribution in [3.8, 4) is 0 Å². The summed E-state index contributed by atoms with van der Waals surface area (Å²) in [6, 6.07) is 4.21. The van der Waals surface area contributed by atoms with E-state index in [1.807, 2.05) is 12.3 Å². The molecule has 0 aliphatic carbocycles. The summed E-state index contributed by atoms with van der Waals surface area (Å²) in [4.78, 5) is 4.31. The summed E-state index contributed by atoms with van der Waals surface area (Å²) >= 11 is 5.31. The Bertz CT molecular complexity index is 356. The molecular weight excluding hydrogens is 384 g/mol. The van der Waals surface area contributed by atoms with E-state index in [9.17, 15) is 0 Å². The zero-order valence-corrected chi connectivity index (χ0v) is 17.5. The maximum absolute atomic E-state index is 5.94. The fraction of sp³-hybridized carbons (Fsp3) is 0.722. The Kier molecular flexibility index (Phi) is 9.99.